The first-order valence-corrected chi connectivity index (χ1v) is 13.2. The van der Waals surface area contributed by atoms with Crippen LogP contribution in [0, 0.1) is 10.8 Å². The summed E-state index contributed by atoms with van der Waals surface area (Å²) in [5.74, 6) is 0.272. The Kier molecular flexibility index (Phi) is 5.87. The molecule has 0 bridgehead atoms. The van der Waals surface area contributed by atoms with Crippen molar-refractivity contribution in [2.75, 3.05) is 0 Å². The monoisotopic (exact) mass is 497 g/mol. The largest absolute Gasteiger partial charge is 0.505 e. The van der Waals surface area contributed by atoms with Gasteiger partial charge in [0.15, 0.2) is 0 Å². The zero-order valence-corrected chi connectivity index (χ0v) is 22.9. The molecule has 1 unspecified atom stereocenters. The average molecular weight is 498 g/mol. The van der Waals surface area contributed by atoms with Crippen molar-refractivity contribution in [2.24, 2.45) is 10.8 Å². The van der Waals surface area contributed by atoms with E-state index >= 15 is 0 Å². The molecule has 0 fully saturated rings. The van der Waals surface area contributed by atoms with Gasteiger partial charge in [-0.3, -0.25) is 0 Å². The molecule has 186 valence electrons. The summed E-state index contributed by atoms with van der Waals surface area (Å²) in [6.45, 7) is 13.5. The molecule has 3 heteroatoms. The van der Waals surface area contributed by atoms with Crippen LogP contribution in [0.25, 0.3) is 33.1 Å². The molecule has 3 aromatic carbocycles. The van der Waals surface area contributed by atoms with Crippen LogP contribution in [0.5, 0.6) is 5.75 Å². The normalized spacial score (nSPS) is 19.0. The van der Waals surface area contributed by atoms with E-state index in [4.69, 9.17) is 11.6 Å². The highest BCUT2D eigenvalue weighted by molar-refractivity contribution is 6.27. The third kappa shape index (κ3) is 4.16. The first kappa shape index (κ1) is 24.7. The number of phenolic OH excluding ortho intramolecular Hbond substituents is 1. The van der Waals surface area contributed by atoms with Gasteiger partial charge in [-0.25, -0.2) is 0 Å². The Bertz CT molecular complexity index is 1480. The highest BCUT2D eigenvalue weighted by atomic mass is 35.5. The number of halogens is 1. The van der Waals surface area contributed by atoms with E-state index in [0.29, 0.717) is 0 Å². The van der Waals surface area contributed by atoms with Crippen molar-refractivity contribution in [3.8, 4) is 11.4 Å². The smallest absolute Gasteiger partial charge is 0.147 e. The molecule has 36 heavy (non-hydrogen) atoms. The zero-order valence-electron chi connectivity index (χ0n) is 22.2. The molecule has 1 aliphatic carbocycles. The standard InChI is InChI=1S/C33H36ClNO/c1-22-18-23(20-33(34,19-22)32(5,6)21-31(2,3)4)24-14-11-17-29(30(24)36)35-27-15-9-7-12-25(27)26-13-8-10-16-28(26)35/h7-18,20,36H,19,21H2,1-6H3. The lowest BCUT2D eigenvalue weighted by atomic mass is 9.65. The number of benzene rings is 3. The van der Waals surface area contributed by atoms with E-state index in [0.717, 1.165) is 40.7 Å². The first-order valence-electron chi connectivity index (χ1n) is 12.8. The molecular weight excluding hydrogens is 462 g/mol. The molecule has 1 aromatic heterocycles. The van der Waals surface area contributed by atoms with Gasteiger partial charge in [0.25, 0.3) is 0 Å². The summed E-state index contributed by atoms with van der Waals surface area (Å²) >= 11 is 7.46. The fraction of sp³-hybridized carbons (Fsp3) is 0.333. The molecule has 1 atom stereocenters. The zero-order chi connectivity index (χ0) is 25.9. The number of fused-ring (bicyclic) bond motifs is 3. The number of hydrogen-bond acceptors (Lipinski definition) is 1. The third-order valence-corrected chi connectivity index (χ3v) is 8.32. The minimum Gasteiger partial charge on any atom is -0.505 e. The minimum absolute atomic E-state index is 0.131. The summed E-state index contributed by atoms with van der Waals surface area (Å²) in [5.41, 5.74) is 5.98. The molecule has 1 aliphatic rings. The Morgan fingerprint density at radius 1 is 0.861 bits per heavy atom. The van der Waals surface area contributed by atoms with Gasteiger partial charge in [0.2, 0.25) is 0 Å². The highest BCUT2D eigenvalue weighted by Crippen LogP contribution is 2.52. The number of aromatic hydroxyl groups is 1. The van der Waals surface area contributed by atoms with Gasteiger partial charge in [0.05, 0.1) is 21.6 Å². The number of rotatable bonds is 4. The van der Waals surface area contributed by atoms with Crippen LogP contribution in [-0.4, -0.2) is 14.5 Å². The van der Waals surface area contributed by atoms with Crippen LogP contribution < -0.4 is 0 Å². The van der Waals surface area contributed by atoms with Crippen LogP contribution >= 0.6 is 11.6 Å². The fourth-order valence-electron chi connectivity index (χ4n) is 6.25. The quantitative estimate of drug-likeness (QED) is 0.279. The second-order valence-electron chi connectivity index (χ2n) is 12.3. The summed E-state index contributed by atoms with van der Waals surface area (Å²) in [5, 5.41) is 14.1. The van der Waals surface area contributed by atoms with Gasteiger partial charge in [-0.05, 0) is 54.4 Å². The Hall–Kier alpha value is -2.97. The highest BCUT2D eigenvalue weighted by Gasteiger charge is 2.45. The van der Waals surface area contributed by atoms with Crippen molar-refractivity contribution in [1.82, 2.24) is 4.57 Å². The van der Waals surface area contributed by atoms with Crippen molar-refractivity contribution < 1.29 is 5.11 Å². The molecule has 4 aromatic rings. The van der Waals surface area contributed by atoms with E-state index in [1.165, 1.54) is 16.3 Å². The molecule has 5 rings (SSSR count). The summed E-state index contributed by atoms with van der Waals surface area (Å²) in [6, 6.07) is 22.8. The summed E-state index contributed by atoms with van der Waals surface area (Å²) in [7, 11) is 0. The van der Waals surface area contributed by atoms with Crippen LogP contribution in [0.4, 0.5) is 0 Å². The summed E-state index contributed by atoms with van der Waals surface area (Å²) in [4.78, 5) is -0.538. The number of alkyl halides is 1. The van der Waals surface area contributed by atoms with Gasteiger partial charge in [-0.2, -0.15) is 0 Å². The number of para-hydroxylation sites is 3. The van der Waals surface area contributed by atoms with Crippen LogP contribution in [0.2, 0.25) is 0 Å². The topological polar surface area (TPSA) is 25.2 Å². The van der Waals surface area contributed by atoms with Crippen LogP contribution in [-0.2, 0) is 0 Å². The molecule has 0 saturated carbocycles. The number of hydrogen-bond donors (Lipinski definition) is 1. The van der Waals surface area contributed by atoms with Gasteiger partial charge in [0, 0.05) is 16.3 Å². The van der Waals surface area contributed by atoms with E-state index in [1.807, 2.05) is 30.3 Å². The average Bonchev–Trinajstić information content (AvgIpc) is 3.11. The van der Waals surface area contributed by atoms with Crippen molar-refractivity contribution >= 4 is 39.0 Å². The number of nitrogens with zero attached hydrogens (tertiary/aromatic N) is 1. The first-order chi connectivity index (χ1) is 16.9. The molecule has 2 nitrogen and oxygen atoms in total. The predicted molar refractivity (Wildman–Crippen MR) is 155 cm³/mol. The second kappa shape index (κ2) is 8.56. The molecule has 0 amide bonds. The minimum atomic E-state index is -0.538. The van der Waals surface area contributed by atoms with Crippen LogP contribution in [0.3, 0.4) is 0 Å². The molecule has 0 spiro atoms. The maximum absolute atomic E-state index is 11.7. The lowest BCUT2D eigenvalue weighted by Crippen LogP contribution is -2.41. The van der Waals surface area contributed by atoms with Crippen LogP contribution in [0.1, 0.15) is 59.9 Å². The number of phenols is 1. The fourth-order valence-corrected chi connectivity index (χ4v) is 6.65. The molecule has 0 radical (unpaired) electrons. The van der Waals surface area contributed by atoms with Gasteiger partial charge in [0.1, 0.15) is 5.75 Å². The molecular formula is C33H36ClNO. The second-order valence-corrected chi connectivity index (χ2v) is 13.0. The lowest BCUT2D eigenvalue weighted by Gasteiger charge is -2.46. The van der Waals surface area contributed by atoms with Gasteiger partial charge in [-0.15, -0.1) is 11.6 Å². The SMILES string of the molecule is CC1=CC(c2cccc(-n3c4ccccc4c4ccccc43)c2O)=CC(Cl)(C(C)(C)CC(C)(C)C)C1. The molecule has 0 saturated heterocycles. The van der Waals surface area contributed by atoms with Gasteiger partial charge < -0.3 is 9.67 Å². The van der Waals surface area contributed by atoms with Crippen molar-refractivity contribution in [1.29, 1.82) is 0 Å². The summed E-state index contributed by atoms with van der Waals surface area (Å²) in [6.07, 6.45) is 6.17. The maximum Gasteiger partial charge on any atom is 0.147 e. The Balaban J connectivity index is 1.69. The lowest BCUT2D eigenvalue weighted by molar-refractivity contribution is 0.172. The van der Waals surface area contributed by atoms with Gasteiger partial charge >= 0.3 is 0 Å². The van der Waals surface area contributed by atoms with E-state index in [2.05, 4.69) is 94.7 Å². The third-order valence-electron chi connectivity index (χ3n) is 7.57. The Morgan fingerprint density at radius 2 is 1.44 bits per heavy atom. The van der Waals surface area contributed by atoms with E-state index < -0.39 is 4.87 Å². The van der Waals surface area contributed by atoms with Gasteiger partial charge in [-0.1, -0.05) is 101 Å². The van der Waals surface area contributed by atoms with E-state index in [9.17, 15) is 5.11 Å². The maximum atomic E-state index is 11.7. The predicted octanol–water partition coefficient (Wildman–Crippen LogP) is 9.66. The van der Waals surface area contributed by atoms with Crippen molar-refractivity contribution in [3.05, 3.63) is 90.0 Å². The van der Waals surface area contributed by atoms with E-state index in [1.54, 1.807) is 0 Å². The molecule has 1 heterocycles. The van der Waals surface area contributed by atoms with Crippen molar-refractivity contribution in [2.45, 2.75) is 59.3 Å². The Morgan fingerprint density at radius 3 is 2.03 bits per heavy atom. The Labute approximate surface area is 219 Å². The molecule has 0 aliphatic heterocycles. The van der Waals surface area contributed by atoms with E-state index in [-0.39, 0.29) is 16.6 Å². The van der Waals surface area contributed by atoms with Crippen LogP contribution in [0.15, 0.2) is 84.5 Å². The number of allylic oxidation sites excluding steroid dienone is 4. The number of aromatic nitrogens is 1. The van der Waals surface area contributed by atoms with Crippen molar-refractivity contribution in [3.63, 3.8) is 0 Å². The summed E-state index contributed by atoms with van der Waals surface area (Å²) < 4.78 is 2.17. The molecule has 1 N–H and O–H groups in total.